The molecule has 2 unspecified atom stereocenters. The van der Waals surface area contributed by atoms with Gasteiger partial charge < -0.3 is 5.11 Å². The topological polar surface area (TPSA) is 20.2 Å². The van der Waals surface area contributed by atoms with Crippen molar-refractivity contribution in [3.05, 3.63) is 0 Å². The molecule has 1 fully saturated rings. The maximum Gasteiger partial charge on any atom is 0.141 e. The van der Waals surface area contributed by atoms with Gasteiger partial charge in [0.1, 0.15) is 13.7 Å². The molecule has 1 N–H and O–H groups in total. The summed E-state index contributed by atoms with van der Waals surface area (Å²) in [7, 11) is -1.47. The van der Waals surface area contributed by atoms with Gasteiger partial charge in [0.2, 0.25) is 0 Å². The molecular formula is C17H31ClOSi. The van der Waals surface area contributed by atoms with Crippen molar-refractivity contribution in [2.75, 3.05) is 0 Å². The number of hydrogen-bond acceptors (Lipinski definition) is 1. The van der Waals surface area contributed by atoms with Crippen LogP contribution in [0.3, 0.4) is 0 Å². The lowest BCUT2D eigenvalue weighted by molar-refractivity contribution is 0.0799. The molecule has 0 bridgehead atoms. The first kappa shape index (κ1) is 18.1. The van der Waals surface area contributed by atoms with E-state index in [4.69, 9.17) is 11.6 Å². The molecule has 0 saturated heterocycles. The van der Waals surface area contributed by atoms with Crippen LogP contribution in [-0.2, 0) is 0 Å². The molecule has 0 heterocycles. The second-order valence-electron chi connectivity index (χ2n) is 7.26. The summed E-state index contributed by atoms with van der Waals surface area (Å²) in [4.78, 5) is 0. The van der Waals surface area contributed by atoms with E-state index >= 15 is 0 Å². The van der Waals surface area contributed by atoms with Gasteiger partial charge in [-0.2, -0.15) is 0 Å². The Hall–Kier alpha value is 0.0269. The fourth-order valence-electron chi connectivity index (χ4n) is 2.61. The summed E-state index contributed by atoms with van der Waals surface area (Å²) in [6.07, 6.45) is 11.5. The first-order chi connectivity index (χ1) is 9.33. The minimum absolute atomic E-state index is 0.217. The third kappa shape index (κ3) is 7.15. The molecule has 1 saturated carbocycles. The van der Waals surface area contributed by atoms with Gasteiger partial charge in [-0.05, 0) is 19.3 Å². The van der Waals surface area contributed by atoms with Crippen LogP contribution >= 0.6 is 11.6 Å². The maximum atomic E-state index is 10.9. The van der Waals surface area contributed by atoms with Crippen molar-refractivity contribution in [3.8, 4) is 11.5 Å². The molecule has 20 heavy (non-hydrogen) atoms. The molecule has 0 radical (unpaired) electrons. The van der Waals surface area contributed by atoms with Crippen LogP contribution in [0.5, 0.6) is 0 Å². The smallest absolute Gasteiger partial charge is 0.141 e. The number of halogens is 1. The molecule has 0 aromatic heterocycles. The molecule has 0 amide bonds. The lowest BCUT2D eigenvalue weighted by Crippen LogP contribution is -2.38. The van der Waals surface area contributed by atoms with Crippen LogP contribution in [0, 0.1) is 11.5 Å². The third-order valence-corrected chi connectivity index (χ3v) is 5.39. The van der Waals surface area contributed by atoms with Crippen LogP contribution in [0.2, 0.25) is 19.6 Å². The maximum absolute atomic E-state index is 10.9. The van der Waals surface area contributed by atoms with E-state index in [0.717, 1.165) is 25.7 Å². The van der Waals surface area contributed by atoms with Gasteiger partial charge in [-0.3, -0.25) is 0 Å². The molecule has 116 valence electrons. The van der Waals surface area contributed by atoms with Crippen LogP contribution in [-0.4, -0.2) is 24.2 Å². The van der Waals surface area contributed by atoms with Gasteiger partial charge >= 0.3 is 0 Å². The van der Waals surface area contributed by atoms with E-state index in [2.05, 4.69) is 31.1 Å². The van der Waals surface area contributed by atoms with E-state index in [1.807, 2.05) is 0 Å². The van der Waals surface area contributed by atoms with Crippen molar-refractivity contribution in [2.45, 2.75) is 94.8 Å². The van der Waals surface area contributed by atoms with Gasteiger partial charge in [0.05, 0.1) is 5.38 Å². The second-order valence-corrected chi connectivity index (χ2v) is 12.5. The van der Waals surface area contributed by atoms with Gasteiger partial charge in [-0.1, -0.05) is 70.5 Å². The number of rotatable bonds is 0. The summed E-state index contributed by atoms with van der Waals surface area (Å²) in [5.41, 5.74) is 2.36. The Bertz CT molecular complexity index is 339. The first-order valence-corrected chi connectivity index (χ1v) is 12.2. The highest BCUT2D eigenvalue weighted by molar-refractivity contribution is 6.83. The van der Waals surface area contributed by atoms with Gasteiger partial charge in [-0.15, -0.1) is 17.1 Å². The van der Waals surface area contributed by atoms with Gasteiger partial charge in [-0.25, -0.2) is 0 Å². The largest absolute Gasteiger partial charge is 0.376 e. The van der Waals surface area contributed by atoms with Crippen LogP contribution in [0.25, 0.3) is 0 Å². The van der Waals surface area contributed by atoms with Crippen molar-refractivity contribution in [1.82, 2.24) is 0 Å². The molecule has 1 aliphatic rings. The SMILES string of the molecule is C[Si](C)(C)C#CC1(O)CCCCCCCCCCC1Cl. The zero-order valence-corrected chi connectivity index (χ0v) is 15.2. The Morgan fingerprint density at radius 3 is 2.00 bits per heavy atom. The zero-order valence-electron chi connectivity index (χ0n) is 13.5. The standard InChI is InChI=1S/C17H31ClOSi/c1-20(2,3)15-14-17(19)13-11-9-7-5-4-6-8-10-12-16(17)18/h16,19H,4-13H2,1-3H3. The normalized spacial score (nSPS) is 30.6. The lowest BCUT2D eigenvalue weighted by atomic mass is 9.89. The zero-order chi connectivity index (χ0) is 15.1. The second kappa shape index (κ2) is 8.46. The highest BCUT2D eigenvalue weighted by Crippen LogP contribution is 2.28. The van der Waals surface area contributed by atoms with E-state index < -0.39 is 13.7 Å². The van der Waals surface area contributed by atoms with Crippen molar-refractivity contribution in [2.24, 2.45) is 0 Å². The first-order valence-electron chi connectivity index (χ1n) is 8.24. The van der Waals surface area contributed by atoms with Crippen molar-refractivity contribution < 1.29 is 5.11 Å². The Labute approximate surface area is 131 Å². The third-order valence-electron chi connectivity index (χ3n) is 3.94. The van der Waals surface area contributed by atoms with E-state index in [0.29, 0.717) is 0 Å². The fraction of sp³-hybridized carbons (Fsp3) is 0.882. The van der Waals surface area contributed by atoms with E-state index in [9.17, 15) is 5.11 Å². The highest BCUT2D eigenvalue weighted by Gasteiger charge is 2.33. The number of aliphatic hydroxyl groups is 1. The van der Waals surface area contributed by atoms with Gasteiger partial charge in [0.15, 0.2) is 0 Å². The summed E-state index contributed by atoms with van der Waals surface area (Å²) in [6.45, 7) is 6.63. The van der Waals surface area contributed by atoms with Crippen LogP contribution < -0.4 is 0 Å². The molecule has 2 atom stereocenters. The molecular weight excluding hydrogens is 284 g/mol. The Balaban J connectivity index is 2.75. The molecule has 3 heteroatoms. The van der Waals surface area contributed by atoms with Crippen LogP contribution in [0.15, 0.2) is 0 Å². The Kier molecular flexibility index (Phi) is 7.65. The van der Waals surface area contributed by atoms with Crippen molar-refractivity contribution in [1.29, 1.82) is 0 Å². The average molecular weight is 315 g/mol. The number of hydrogen-bond donors (Lipinski definition) is 1. The van der Waals surface area contributed by atoms with Crippen molar-refractivity contribution in [3.63, 3.8) is 0 Å². The quantitative estimate of drug-likeness (QED) is 0.374. The summed E-state index contributed by atoms with van der Waals surface area (Å²) in [5, 5.41) is 10.7. The Morgan fingerprint density at radius 1 is 0.950 bits per heavy atom. The fourth-order valence-corrected chi connectivity index (χ4v) is 3.52. The summed E-state index contributed by atoms with van der Waals surface area (Å²) in [5.74, 6) is 3.18. The predicted molar refractivity (Wildman–Crippen MR) is 91.9 cm³/mol. The van der Waals surface area contributed by atoms with E-state index in [1.165, 1.54) is 38.5 Å². The molecule has 0 aromatic rings. The minimum atomic E-state index is -1.47. The molecule has 0 aromatic carbocycles. The molecule has 1 rings (SSSR count). The van der Waals surface area contributed by atoms with Crippen LogP contribution in [0.4, 0.5) is 0 Å². The van der Waals surface area contributed by atoms with Gasteiger partial charge in [0.25, 0.3) is 0 Å². The lowest BCUT2D eigenvalue weighted by Gasteiger charge is -2.29. The van der Waals surface area contributed by atoms with Crippen LogP contribution in [0.1, 0.15) is 64.2 Å². The monoisotopic (exact) mass is 314 g/mol. The molecule has 1 aliphatic carbocycles. The van der Waals surface area contributed by atoms with Gasteiger partial charge in [0, 0.05) is 0 Å². The van der Waals surface area contributed by atoms with Crippen molar-refractivity contribution >= 4 is 19.7 Å². The molecule has 0 aliphatic heterocycles. The predicted octanol–water partition coefficient (Wildman–Crippen LogP) is 5.12. The molecule has 0 spiro atoms. The summed E-state index contributed by atoms with van der Waals surface area (Å²) >= 11 is 6.51. The minimum Gasteiger partial charge on any atom is -0.376 e. The Morgan fingerprint density at radius 2 is 1.45 bits per heavy atom. The summed E-state index contributed by atoms with van der Waals surface area (Å²) < 4.78 is 0. The summed E-state index contributed by atoms with van der Waals surface area (Å²) in [6, 6.07) is 0. The highest BCUT2D eigenvalue weighted by atomic mass is 35.5. The molecule has 1 nitrogen and oxygen atoms in total. The average Bonchev–Trinajstić information content (AvgIpc) is 2.36. The van der Waals surface area contributed by atoms with E-state index in [-0.39, 0.29) is 5.38 Å². The van der Waals surface area contributed by atoms with E-state index in [1.54, 1.807) is 0 Å². The number of alkyl halides is 1.